The van der Waals surface area contributed by atoms with Crippen LogP contribution < -0.4 is 24.8 Å². The van der Waals surface area contributed by atoms with Crippen LogP contribution in [0.5, 0.6) is 17.2 Å². The van der Waals surface area contributed by atoms with E-state index < -0.39 is 6.10 Å². The molecular formula is C26H31N3O7. The summed E-state index contributed by atoms with van der Waals surface area (Å²) in [6.45, 7) is 0.634. The molecule has 0 saturated carbocycles. The molecule has 0 radical (unpaired) electrons. The number of benzene rings is 2. The summed E-state index contributed by atoms with van der Waals surface area (Å²) in [4.78, 5) is 26.7. The summed E-state index contributed by atoms with van der Waals surface area (Å²) in [5.41, 5.74) is 2.55. The molecule has 10 heteroatoms. The highest BCUT2D eigenvalue weighted by atomic mass is 16.7. The molecular weight excluding hydrogens is 466 g/mol. The van der Waals surface area contributed by atoms with Crippen molar-refractivity contribution in [2.45, 2.75) is 43.6 Å². The van der Waals surface area contributed by atoms with Gasteiger partial charge in [-0.2, -0.15) is 0 Å². The van der Waals surface area contributed by atoms with E-state index in [-0.39, 0.29) is 56.3 Å². The quantitative estimate of drug-likeness (QED) is 0.504. The smallest absolute Gasteiger partial charge is 0.238 e. The third-order valence-electron chi connectivity index (χ3n) is 6.58. The molecule has 0 spiro atoms. The molecule has 3 N–H and O–H groups in total. The molecule has 2 amide bonds. The summed E-state index contributed by atoms with van der Waals surface area (Å²) in [5.74, 6) is 1.79. The standard InChI is InChI=1S/C26H31N3O7/c1-29(2)12-25(32)28-16-4-6-20-18(8-16)19-9-17(35-23(13-30)26(19)36-20)10-24(31)27-11-15-3-5-21-22(7-15)34-14-33-21/h3-8,17,19,23,26,30H,9-14H2,1-2H3,(H,27,31)(H,28,32)/t17-,19-,23+,26+/m0/s1. The SMILES string of the molecule is CN(C)CC(=O)Nc1ccc2c(c1)[C@@H]1C[C@@H](CC(=O)NCc3ccc4c(c3)OCO4)O[C@H](CO)[C@@H]1O2. The average molecular weight is 498 g/mol. The van der Waals surface area contributed by atoms with E-state index in [9.17, 15) is 14.7 Å². The number of fused-ring (bicyclic) bond motifs is 4. The van der Waals surface area contributed by atoms with Gasteiger partial charge in [0.2, 0.25) is 18.6 Å². The number of amides is 2. The van der Waals surface area contributed by atoms with Crippen LogP contribution in [-0.4, -0.2) is 74.2 Å². The van der Waals surface area contributed by atoms with Crippen LogP contribution in [0.1, 0.15) is 29.9 Å². The highest BCUT2D eigenvalue weighted by molar-refractivity contribution is 5.92. The van der Waals surface area contributed by atoms with Gasteiger partial charge in [0.05, 0.1) is 25.7 Å². The molecule has 4 atom stereocenters. The summed E-state index contributed by atoms with van der Waals surface area (Å²) in [6.07, 6.45) is -0.526. The van der Waals surface area contributed by atoms with Crippen LogP contribution in [0.15, 0.2) is 36.4 Å². The zero-order valence-electron chi connectivity index (χ0n) is 20.4. The fourth-order valence-corrected chi connectivity index (χ4v) is 4.99. The number of rotatable bonds is 8. The first-order valence-corrected chi connectivity index (χ1v) is 12.1. The topological polar surface area (TPSA) is 119 Å². The molecule has 0 aliphatic carbocycles. The molecule has 5 rings (SSSR count). The monoisotopic (exact) mass is 497 g/mol. The van der Waals surface area contributed by atoms with E-state index in [0.717, 1.165) is 11.1 Å². The second kappa shape index (κ2) is 10.3. The van der Waals surface area contributed by atoms with Gasteiger partial charge in [-0.3, -0.25) is 9.59 Å². The first kappa shape index (κ1) is 24.4. The number of carbonyl (C=O) groups is 2. The van der Waals surface area contributed by atoms with E-state index >= 15 is 0 Å². The number of nitrogens with one attached hydrogen (secondary N) is 2. The third-order valence-corrected chi connectivity index (χ3v) is 6.58. The number of nitrogens with zero attached hydrogens (tertiary/aromatic N) is 1. The molecule has 1 saturated heterocycles. The summed E-state index contributed by atoms with van der Waals surface area (Å²) in [6, 6.07) is 11.1. The van der Waals surface area contributed by atoms with Crippen LogP contribution >= 0.6 is 0 Å². The summed E-state index contributed by atoms with van der Waals surface area (Å²) in [7, 11) is 3.67. The van der Waals surface area contributed by atoms with Crippen molar-refractivity contribution in [3.63, 3.8) is 0 Å². The lowest BCUT2D eigenvalue weighted by Crippen LogP contribution is -2.47. The van der Waals surface area contributed by atoms with E-state index in [2.05, 4.69) is 10.6 Å². The Labute approximate surface area is 209 Å². The number of aliphatic hydroxyl groups is 1. The Hall–Kier alpha value is -3.34. The van der Waals surface area contributed by atoms with Gasteiger partial charge >= 0.3 is 0 Å². The Morgan fingerprint density at radius 1 is 1.06 bits per heavy atom. The first-order chi connectivity index (χ1) is 17.4. The number of carbonyl (C=O) groups excluding carboxylic acids is 2. The van der Waals surface area contributed by atoms with Gasteiger partial charge in [-0.05, 0) is 56.4 Å². The molecule has 36 heavy (non-hydrogen) atoms. The van der Waals surface area contributed by atoms with Crippen LogP contribution in [0.2, 0.25) is 0 Å². The minimum absolute atomic E-state index is 0.0525. The van der Waals surface area contributed by atoms with Crippen LogP contribution in [0, 0.1) is 0 Å². The average Bonchev–Trinajstić information content (AvgIpc) is 3.46. The van der Waals surface area contributed by atoms with E-state index in [1.54, 1.807) is 11.0 Å². The van der Waals surface area contributed by atoms with Crippen molar-refractivity contribution in [2.24, 2.45) is 0 Å². The van der Waals surface area contributed by atoms with Crippen molar-refractivity contribution in [1.29, 1.82) is 0 Å². The Kier molecular flexibility index (Phi) is 6.99. The molecule has 3 heterocycles. The second-order valence-corrected chi connectivity index (χ2v) is 9.61. The van der Waals surface area contributed by atoms with Crippen molar-refractivity contribution in [3.8, 4) is 17.2 Å². The van der Waals surface area contributed by atoms with Crippen molar-refractivity contribution >= 4 is 17.5 Å². The minimum Gasteiger partial charge on any atom is -0.487 e. The number of hydrogen-bond acceptors (Lipinski definition) is 8. The predicted molar refractivity (Wildman–Crippen MR) is 130 cm³/mol. The lowest BCUT2D eigenvalue weighted by atomic mass is 9.84. The summed E-state index contributed by atoms with van der Waals surface area (Å²) in [5, 5.41) is 15.8. The molecule has 2 aromatic rings. The second-order valence-electron chi connectivity index (χ2n) is 9.61. The fraction of sp³-hybridized carbons (Fsp3) is 0.462. The van der Waals surface area contributed by atoms with Crippen molar-refractivity contribution < 1.29 is 33.6 Å². The predicted octanol–water partition coefficient (Wildman–Crippen LogP) is 1.62. The van der Waals surface area contributed by atoms with E-state index in [0.29, 0.717) is 35.9 Å². The lowest BCUT2D eigenvalue weighted by molar-refractivity contribution is -0.142. The van der Waals surface area contributed by atoms with Gasteiger partial charge < -0.3 is 39.6 Å². The van der Waals surface area contributed by atoms with Gasteiger partial charge in [-0.25, -0.2) is 0 Å². The summed E-state index contributed by atoms with van der Waals surface area (Å²) >= 11 is 0. The van der Waals surface area contributed by atoms with E-state index in [1.807, 2.05) is 44.4 Å². The Bertz CT molecular complexity index is 1140. The fourth-order valence-electron chi connectivity index (χ4n) is 4.99. The van der Waals surface area contributed by atoms with Gasteiger partial charge in [0, 0.05) is 23.7 Å². The lowest BCUT2D eigenvalue weighted by Gasteiger charge is -2.37. The number of likely N-dealkylation sites (N-methyl/N-ethyl adjacent to an activating group) is 1. The maximum atomic E-state index is 12.7. The van der Waals surface area contributed by atoms with Crippen molar-refractivity contribution in [2.75, 3.05) is 39.4 Å². The largest absolute Gasteiger partial charge is 0.487 e. The maximum absolute atomic E-state index is 12.7. The zero-order valence-corrected chi connectivity index (χ0v) is 20.4. The van der Waals surface area contributed by atoms with Crippen molar-refractivity contribution in [3.05, 3.63) is 47.5 Å². The molecule has 2 aromatic carbocycles. The highest BCUT2D eigenvalue weighted by Gasteiger charge is 2.46. The zero-order chi connectivity index (χ0) is 25.2. The molecule has 0 aromatic heterocycles. The van der Waals surface area contributed by atoms with Gasteiger partial charge in [-0.1, -0.05) is 6.07 Å². The van der Waals surface area contributed by atoms with Gasteiger partial charge in [0.1, 0.15) is 18.0 Å². The summed E-state index contributed by atoms with van der Waals surface area (Å²) < 4.78 is 22.9. The number of anilines is 1. The molecule has 192 valence electrons. The third kappa shape index (κ3) is 5.25. The minimum atomic E-state index is -0.547. The Morgan fingerprint density at radius 3 is 2.67 bits per heavy atom. The maximum Gasteiger partial charge on any atom is 0.238 e. The number of aliphatic hydroxyl groups excluding tert-OH is 1. The van der Waals surface area contributed by atoms with Crippen molar-refractivity contribution in [1.82, 2.24) is 10.2 Å². The van der Waals surface area contributed by atoms with E-state index in [1.165, 1.54) is 0 Å². The normalized spacial score (nSPS) is 23.6. The first-order valence-electron chi connectivity index (χ1n) is 12.1. The molecule has 3 aliphatic heterocycles. The van der Waals surface area contributed by atoms with Crippen LogP contribution in [0.3, 0.4) is 0 Å². The number of hydrogen-bond donors (Lipinski definition) is 3. The van der Waals surface area contributed by atoms with Crippen LogP contribution in [0.25, 0.3) is 0 Å². The van der Waals surface area contributed by atoms with E-state index in [4.69, 9.17) is 18.9 Å². The molecule has 0 bridgehead atoms. The Morgan fingerprint density at radius 2 is 1.86 bits per heavy atom. The molecule has 0 unspecified atom stereocenters. The molecule has 1 fully saturated rings. The number of ether oxygens (including phenoxy) is 4. The van der Waals surface area contributed by atoms with Gasteiger partial charge in [0.25, 0.3) is 0 Å². The van der Waals surface area contributed by atoms with Crippen LogP contribution in [-0.2, 0) is 20.9 Å². The molecule has 3 aliphatic rings. The van der Waals surface area contributed by atoms with Crippen LogP contribution in [0.4, 0.5) is 5.69 Å². The Balaban J connectivity index is 1.22. The van der Waals surface area contributed by atoms with Gasteiger partial charge in [0.15, 0.2) is 11.5 Å². The van der Waals surface area contributed by atoms with Gasteiger partial charge in [-0.15, -0.1) is 0 Å². The molecule has 10 nitrogen and oxygen atoms in total. The highest BCUT2D eigenvalue weighted by Crippen LogP contribution is 2.47.